The Labute approximate surface area is 104 Å². The molecule has 0 spiro atoms. The Bertz CT molecular complexity index is 440. The largest absolute Gasteiger partial charge is 0.481 e. The molecule has 3 rings (SSSR count). The van der Waals surface area contributed by atoms with Crippen LogP contribution < -0.4 is 0 Å². The van der Waals surface area contributed by atoms with Gasteiger partial charge in [0.2, 0.25) is 0 Å². The lowest BCUT2D eigenvalue weighted by atomic mass is 9.98. The minimum atomic E-state index is -0.711. The molecule has 6 heteroatoms. The lowest BCUT2D eigenvalue weighted by Crippen LogP contribution is -2.26. The van der Waals surface area contributed by atoms with Gasteiger partial charge in [0, 0.05) is 24.6 Å². The summed E-state index contributed by atoms with van der Waals surface area (Å²) in [6.07, 6.45) is 2.35. The van der Waals surface area contributed by atoms with Crippen LogP contribution in [-0.4, -0.2) is 37.3 Å². The van der Waals surface area contributed by atoms with Crippen LogP contribution in [0.25, 0.3) is 0 Å². The molecule has 92 valence electrons. The predicted molar refractivity (Wildman–Crippen MR) is 64.2 cm³/mol. The molecule has 1 aromatic heterocycles. The first-order valence-electron chi connectivity index (χ1n) is 5.98. The summed E-state index contributed by atoms with van der Waals surface area (Å²) in [4.78, 5) is 15.5. The summed E-state index contributed by atoms with van der Waals surface area (Å²) < 4.78 is 1.90. The molecule has 5 nitrogen and oxygen atoms in total. The fraction of sp³-hybridized carbons (Fsp3) is 0.727. The highest BCUT2D eigenvalue weighted by atomic mass is 32.2. The number of aryl methyl sites for hydroxylation is 1. The van der Waals surface area contributed by atoms with Crippen molar-refractivity contribution in [2.75, 3.05) is 11.5 Å². The number of hydrogen-bond donors (Lipinski definition) is 1. The van der Waals surface area contributed by atoms with E-state index < -0.39 is 5.97 Å². The molecule has 1 fully saturated rings. The molecule has 0 aliphatic carbocycles. The SMILES string of the molecule is O=C(O)C1CCn2nc(C3CCSC3)nc2C1. The molecule has 2 unspecified atom stereocenters. The summed E-state index contributed by atoms with van der Waals surface area (Å²) in [5, 5.41) is 13.5. The zero-order valence-corrected chi connectivity index (χ0v) is 10.3. The highest BCUT2D eigenvalue weighted by molar-refractivity contribution is 7.99. The van der Waals surface area contributed by atoms with Gasteiger partial charge < -0.3 is 5.11 Å². The van der Waals surface area contributed by atoms with Crippen molar-refractivity contribution in [1.29, 1.82) is 0 Å². The smallest absolute Gasteiger partial charge is 0.307 e. The van der Waals surface area contributed by atoms with Crippen molar-refractivity contribution >= 4 is 17.7 Å². The van der Waals surface area contributed by atoms with E-state index in [9.17, 15) is 4.79 Å². The van der Waals surface area contributed by atoms with Gasteiger partial charge >= 0.3 is 5.97 Å². The van der Waals surface area contributed by atoms with Crippen molar-refractivity contribution in [3.63, 3.8) is 0 Å². The second kappa shape index (κ2) is 4.33. The first-order valence-corrected chi connectivity index (χ1v) is 7.13. The summed E-state index contributed by atoms with van der Waals surface area (Å²) in [5.41, 5.74) is 0. The maximum Gasteiger partial charge on any atom is 0.307 e. The zero-order valence-electron chi connectivity index (χ0n) is 9.50. The molecule has 2 atom stereocenters. The molecule has 0 bridgehead atoms. The van der Waals surface area contributed by atoms with Gasteiger partial charge in [0.15, 0.2) is 5.82 Å². The van der Waals surface area contributed by atoms with E-state index in [1.165, 1.54) is 5.75 Å². The molecule has 0 amide bonds. The van der Waals surface area contributed by atoms with E-state index in [4.69, 9.17) is 5.11 Å². The fourth-order valence-corrected chi connectivity index (χ4v) is 3.66. The van der Waals surface area contributed by atoms with Gasteiger partial charge in [-0.2, -0.15) is 16.9 Å². The number of aliphatic carboxylic acids is 1. The Kier molecular flexibility index (Phi) is 2.82. The summed E-state index contributed by atoms with van der Waals surface area (Å²) in [6, 6.07) is 0. The van der Waals surface area contributed by atoms with Crippen molar-refractivity contribution in [2.45, 2.75) is 31.7 Å². The minimum absolute atomic E-state index is 0.280. The third kappa shape index (κ3) is 2.06. The Morgan fingerprint density at radius 2 is 2.35 bits per heavy atom. The maximum atomic E-state index is 11.0. The Morgan fingerprint density at radius 1 is 1.47 bits per heavy atom. The number of aromatic nitrogens is 3. The topological polar surface area (TPSA) is 68.0 Å². The van der Waals surface area contributed by atoms with Crippen LogP contribution in [0.4, 0.5) is 0 Å². The normalized spacial score (nSPS) is 28.0. The van der Waals surface area contributed by atoms with E-state index in [1.54, 1.807) is 0 Å². The van der Waals surface area contributed by atoms with Crippen molar-refractivity contribution in [3.8, 4) is 0 Å². The zero-order chi connectivity index (χ0) is 11.8. The lowest BCUT2D eigenvalue weighted by molar-refractivity contribution is -0.142. The second-order valence-corrected chi connectivity index (χ2v) is 5.85. The molecule has 1 saturated heterocycles. The molecule has 0 aromatic carbocycles. The van der Waals surface area contributed by atoms with E-state index in [0.717, 1.165) is 23.8 Å². The molecule has 3 heterocycles. The van der Waals surface area contributed by atoms with Gasteiger partial charge in [0.1, 0.15) is 5.82 Å². The van der Waals surface area contributed by atoms with Crippen LogP contribution in [0.5, 0.6) is 0 Å². The van der Waals surface area contributed by atoms with E-state index in [0.29, 0.717) is 25.3 Å². The molecular formula is C11H15N3O2S. The summed E-state index contributed by atoms with van der Waals surface area (Å²) in [6.45, 7) is 0.694. The third-order valence-electron chi connectivity index (χ3n) is 3.53. The molecule has 2 aliphatic rings. The summed E-state index contributed by atoms with van der Waals surface area (Å²) in [7, 11) is 0. The number of fused-ring (bicyclic) bond motifs is 1. The van der Waals surface area contributed by atoms with Crippen LogP contribution in [0.1, 0.15) is 30.4 Å². The summed E-state index contributed by atoms with van der Waals surface area (Å²) >= 11 is 1.95. The quantitative estimate of drug-likeness (QED) is 0.856. The second-order valence-electron chi connectivity index (χ2n) is 4.70. The van der Waals surface area contributed by atoms with Gasteiger partial charge in [-0.1, -0.05) is 0 Å². The van der Waals surface area contributed by atoms with E-state index in [2.05, 4.69) is 10.1 Å². The average molecular weight is 253 g/mol. The number of nitrogens with zero attached hydrogens (tertiary/aromatic N) is 3. The van der Waals surface area contributed by atoms with Crippen molar-refractivity contribution in [3.05, 3.63) is 11.6 Å². The minimum Gasteiger partial charge on any atom is -0.481 e. The number of hydrogen-bond acceptors (Lipinski definition) is 4. The Hall–Kier alpha value is -1.04. The van der Waals surface area contributed by atoms with Crippen molar-refractivity contribution in [1.82, 2.24) is 14.8 Å². The predicted octanol–water partition coefficient (Wildman–Crippen LogP) is 1.15. The number of thioether (sulfide) groups is 1. The average Bonchev–Trinajstić information content (AvgIpc) is 2.96. The lowest BCUT2D eigenvalue weighted by Gasteiger charge is -2.17. The number of carboxylic acids is 1. The Morgan fingerprint density at radius 3 is 3.06 bits per heavy atom. The van der Waals surface area contributed by atoms with Crippen molar-refractivity contribution in [2.24, 2.45) is 5.92 Å². The maximum absolute atomic E-state index is 11.0. The molecule has 17 heavy (non-hydrogen) atoms. The van der Waals surface area contributed by atoms with E-state index in [-0.39, 0.29) is 5.92 Å². The molecular weight excluding hydrogens is 238 g/mol. The van der Waals surface area contributed by atoms with Gasteiger partial charge in [-0.3, -0.25) is 4.79 Å². The van der Waals surface area contributed by atoms with Crippen LogP contribution in [0.2, 0.25) is 0 Å². The van der Waals surface area contributed by atoms with Crippen LogP contribution in [0.3, 0.4) is 0 Å². The first-order chi connectivity index (χ1) is 8.24. The molecule has 1 N–H and O–H groups in total. The molecule has 2 aliphatic heterocycles. The van der Waals surface area contributed by atoms with Gasteiger partial charge in [0.25, 0.3) is 0 Å². The Balaban J connectivity index is 1.81. The molecule has 0 saturated carbocycles. The van der Waals surface area contributed by atoms with E-state index >= 15 is 0 Å². The van der Waals surface area contributed by atoms with Gasteiger partial charge in [-0.15, -0.1) is 0 Å². The number of rotatable bonds is 2. The third-order valence-corrected chi connectivity index (χ3v) is 4.69. The number of carbonyl (C=O) groups is 1. The highest BCUT2D eigenvalue weighted by Crippen LogP contribution is 2.31. The highest BCUT2D eigenvalue weighted by Gasteiger charge is 2.29. The molecule has 0 radical (unpaired) electrons. The summed E-state index contributed by atoms with van der Waals surface area (Å²) in [5.74, 6) is 3.56. The first kappa shape index (κ1) is 11.1. The van der Waals surface area contributed by atoms with Gasteiger partial charge in [0.05, 0.1) is 5.92 Å². The van der Waals surface area contributed by atoms with Crippen LogP contribution in [-0.2, 0) is 17.8 Å². The van der Waals surface area contributed by atoms with Crippen LogP contribution in [0.15, 0.2) is 0 Å². The monoisotopic (exact) mass is 253 g/mol. The van der Waals surface area contributed by atoms with Gasteiger partial charge in [-0.05, 0) is 18.6 Å². The van der Waals surface area contributed by atoms with Gasteiger partial charge in [-0.25, -0.2) is 9.67 Å². The standard InChI is InChI=1S/C11H15N3O2S/c15-11(16)7-1-3-14-9(5-7)12-10(13-14)8-2-4-17-6-8/h7-8H,1-6H2,(H,15,16). The molecule has 1 aromatic rings. The fourth-order valence-electron chi connectivity index (χ4n) is 2.45. The van der Waals surface area contributed by atoms with Crippen LogP contribution in [0, 0.1) is 5.92 Å². The van der Waals surface area contributed by atoms with E-state index in [1.807, 2.05) is 16.4 Å². The number of carboxylic acid groups (broad SMARTS) is 1. The van der Waals surface area contributed by atoms with Crippen molar-refractivity contribution < 1.29 is 9.90 Å². The van der Waals surface area contributed by atoms with Crippen LogP contribution >= 0.6 is 11.8 Å².